The zero-order valence-electron chi connectivity index (χ0n) is 15.2. The Morgan fingerprint density at radius 1 is 1.35 bits per heavy atom. The second-order valence-corrected chi connectivity index (χ2v) is 7.83. The lowest BCUT2D eigenvalue weighted by Crippen LogP contribution is -2.42. The van der Waals surface area contributed by atoms with Crippen molar-refractivity contribution in [2.24, 2.45) is 0 Å². The zero-order valence-corrected chi connectivity index (χ0v) is 16.9. The summed E-state index contributed by atoms with van der Waals surface area (Å²) >= 11 is 0. The van der Waals surface area contributed by atoms with Gasteiger partial charge >= 0.3 is 0 Å². The van der Waals surface area contributed by atoms with Gasteiger partial charge in [0.15, 0.2) is 0 Å². The van der Waals surface area contributed by atoms with Gasteiger partial charge in [-0.25, -0.2) is 13.1 Å². The fourth-order valence-corrected chi connectivity index (χ4v) is 3.91. The molecule has 148 valence electrons. The maximum Gasteiger partial charge on any atom is 0.254 e. The Labute approximate surface area is 161 Å². The molecule has 2 N–H and O–H groups in total. The van der Waals surface area contributed by atoms with Crippen LogP contribution in [-0.4, -0.2) is 65.2 Å². The third kappa shape index (κ3) is 5.92. The number of amides is 1. The highest BCUT2D eigenvalue weighted by Crippen LogP contribution is 2.16. The zero-order chi connectivity index (χ0) is 18.3. The lowest BCUT2D eigenvalue weighted by molar-refractivity contribution is 0.0692. The number of halogens is 1. The van der Waals surface area contributed by atoms with Crippen LogP contribution in [0.25, 0.3) is 0 Å². The Bertz CT molecular complexity index is 661. The number of sulfonamides is 1. The Hall–Kier alpha value is -1.19. The van der Waals surface area contributed by atoms with Crippen LogP contribution in [0.4, 0.5) is 0 Å². The molecule has 0 aliphatic carbocycles. The van der Waals surface area contributed by atoms with Gasteiger partial charge in [0.25, 0.3) is 5.91 Å². The number of benzene rings is 1. The number of nitrogens with zero attached hydrogens (tertiary/aromatic N) is 1. The first kappa shape index (κ1) is 22.9. The van der Waals surface area contributed by atoms with Crippen LogP contribution >= 0.6 is 12.4 Å². The minimum atomic E-state index is -3.59. The van der Waals surface area contributed by atoms with Crippen molar-refractivity contribution in [1.82, 2.24) is 14.9 Å². The van der Waals surface area contributed by atoms with Crippen molar-refractivity contribution in [1.29, 1.82) is 0 Å². The molecule has 1 aliphatic rings. The minimum Gasteiger partial charge on any atom is -0.383 e. The van der Waals surface area contributed by atoms with Gasteiger partial charge < -0.3 is 15.0 Å². The molecule has 7 nitrogen and oxygen atoms in total. The summed E-state index contributed by atoms with van der Waals surface area (Å²) in [6.07, 6.45) is 1.83. The smallest absolute Gasteiger partial charge is 0.254 e. The van der Waals surface area contributed by atoms with Gasteiger partial charge in [0.2, 0.25) is 10.0 Å². The molecule has 1 atom stereocenters. The minimum absolute atomic E-state index is 0. The van der Waals surface area contributed by atoms with E-state index in [1.165, 1.54) is 19.2 Å². The van der Waals surface area contributed by atoms with Crippen LogP contribution in [0.3, 0.4) is 0 Å². The monoisotopic (exact) mass is 405 g/mol. The number of rotatable bonds is 9. The van der Waals surface area contributed by atoms with Crippen molar-refractivity contribution in [2.45, 2.75) is 30.7 Å². The lowest BCUT2D eigenvalue weighted by atomic mass is 10.1. The highest BCUT2D eigenvalue weighted by Gasteiger charge is 2.26. The fraction of sp³-hybridized carbons (Fsp3) is 0.588. The maximum absolute atomic E-state index is 12.8. The Morgan fingerprint density at radius 2 is 2.04 bits per heavy atom. The van der Waals surface area contributed by atoms with Crippen LogP contribution < -0.4 is 10.0 Å². The number of methoxy groups -OCH3 is 1. The van der Waals surface area contributed by atoms with E-state index in [0.29, 0.717) is 18.7 Å². The summed E-state index contributed by atoms with van der Waals surface area (Å²) < 4.78 is 31.6. The number of hydrogen-bond donors (Lipinski definition) is 2. The van der Waals surface area contributed by atoms with Gasteiger partial charge in [-0.1, -0.05) is 6.92 Å². The summed E-state index contributed by atoms with van der Waals surface area (Å²) in [5, 5.41) is 3.28. The first-order valence-corrected chi connectivity index (χ1v) is 10.1. The van der Waals surface area contributed by atoms with Crippen LogP contribution in [0.1, 0.15) is 30.1 Å². The summed E-state index contributed by atoms with van der Waals surface area (Å²) in [5.41, 5.74) is 0.510. The number of carbonyl (C=O) groups is 1. The topological polar surface area (TPSA) is 87.7 Å². The summed E-state index contributed by atoms with van der Waals surface area (Å²) in [6, 6.07) is 6.31. The molecule has 0 aromatic heterocycles. The van der Waals surface area contributed by atoms with Crippen LogP contribution in [0.5, 0.6) is 0 Å². The average Bonchev–Trinajstić information content (AvgIpc) is 3.13. The first-order valence-electron chi connectivity index (χ1n) is 8.60. The van der Waals surface area contributed by atoms with E-state index in [-0.39, 0.29) is 35.8 Å². The molecule has 1 amide bonds. The highest BCUT2D eigenvalue weighted by molar-refractivity contribution is 7.89. The van der Waals surface area contributed by atoms with Gasteiger partial charge in [0.05, 0.1) is 11.5 Å². The Morgan fingerprint density at radius 3 is 2.58 bits per heavy atom. The molecule has 1 aromatic rings. The van der Waals surface area contributed by atoms with Gasteiger partial charge in [-0.2, -0.15) is 0 Å². The molecular weight excluding hydrogens is 378 g/mol. The number of carbonyl (C=O) groups excluding carboxylic acids is 1. The van der Waals surface area contributed by atoms with Crippen LogP contribution in [-0.2, 0) is 14.8 Å². The molecule has 26 heavy (non-hydrogen) atoms. The van der Waals surface area contributed by atoms with E-state index in [4.69, 9.17) is 4.74 Å². The van der Waals surface area contributed by atoms with E-state index in [9.17, 15) is 13.2 Å². The van der Waals surface area contributed by atoms with Crippen molar-refractivity contribution < 1.29 is 17.9 Å². The third-order valence-corrected chi connectivity index (χ3v) is 5.69. The van der Waals surface area contributed by atoms with Gasteiger partial charge in [0.1, 0.15) is 0 Å². The van der Waals surface area contributed by atoms with E-state index in [1.54, 1.807) is 12.1 Å². The standard InChI is InChI=1S/C17H27N3O4S.ClH/c1-3-11-20(15-8-9-18-13-15)17(21)14-4-6-16(7-5-14)25(22,23)19-10-12-24-2;/h4-7,15,18-19H,3,8-13H2,1-2H3;1H. The van der Waals surface area contributed by atoms with Crippen molar-refractivity contribution in [3.63, 3.8) is 0 Å². The molecular formula is C17H28ClN3O4S. The summed E-state index contributed by atoms with van der Waals surface area (Å²) in [7, 11) is -2.08. The average molecular weight is 406 g/mol. The Kier molecular flexibility index (Phi) is 9.52. The van der Waals surface area contributed by atoms with Gasteiger partial charge in [-0.3, -0.25) is 4.79 Å². The van der Waals surface area contributed by atoms with E-state index in [1.807, 2.05) is 11.8 Å². The number of nitrogens with one attached hydrogen (secondary N) is 2. The molecule has 9 heteroatoms. The highest BCUT2D eigenvalue weighted by atomic mass is 35.5. The SMILES string of the molecule is CCCN(C(=O)c1ccc(S(=O)(=O)NCCOC)cc1)C1CCNC1.Cl. The summed E-state index contributed by atoms with van der Waals surface area (Å²) in [4.78, 5) is 14.8. The molecule has 0 radical (unpaired) electrons. The molecule has 1 aliphatic heterocycles. The lowest BCUT2D eigenvalue weighted by Gasteiger charge is -2.28. The van der Waals surface area contributed by atoms with Crippen LogP contribution in [0.15, 0.2) is 29.2 Å². The van der Waals surface area contributed by atoms with Crippen molar-refractivity contribution in [3.8, 4) is 0 Å². The molecule has 1 heterocycles. The van der Waals surface area contributed by atoms with Crippen LogP contribution in [0, 0.1) is 0 Å². The second-order valence-electron chi connectivity index (χ2n) is 6.06. The van der Waals surface area contributed by atoms with Gasteiger partial charge in [-0.05, 0) is 43.7 Å². The van der Waals surface area contributed by atoms with E-state index in [0.717, 1.165) is 25.9 Å². The largest absolute Gasteiger partial charge is 0.383 e. The molecule has 1 unspecified atom stereocenters. The normalized spacial score (nSPS) is 16.9. The first-order chi connectivity index (χ1) is 12.0. The maximum atomic E-state index is 12.8. The van der Waals surface area contributed by atoms with E-state index < -0.39 is 10.0 Å². The van der Waals surface area contributed by atoms with Gasteiger partial charge in [-0.15, -0.1) is 12.4 Å². The molecule has 0 bridgehead atoms. The summed E-state index contributed by atoms with van der Waals surface area (Å²) in [6.45, 7) is 4.98. The second kappa shape index (κ2) is 10.8. The molecule has 1 fully saturated rings. The fourth-order valence-electron chi connectivity index (χ4n) is 2.90. The van der Waals surface area contributed by atoms with Crippen molar-refractivity contribution in [3.05, 3.63) is 29.8 Å². The van der Waals surface area contributed by atoms with Crippen LogP contribution in [0.2, 0.25) is 0 Å². The van der Waals surface area contributed by atoms with E-state index in [2.05, 4.69) is 10.0 Å². The number of ether oxygens (including phenoxy) is 1. The quantitative estimate of drug-likeness (QED) is 0.603. The Balaban J connectivity index is 0.00000338. The molecule has 1 saturated heterocycles. The number of hydrogen-bond acceptors (Lipinski definition) is 5. The van der Waals surface area contributed by atoms with Crippen molar-refractivity contribution in [2.75, 3.05) is 39.9 Å². The van der Waals surface area contributed by atoms with E-state index >= 15 is 0 Å². The van der Waals surface area contributed by atoms with Gasteiger partial charge in [0, 0.05) is 38.3 Å². The predicted octanol–water partition coefficient (Wildman–Crippen LogP) is 1.25. The van der Waals surface area contributed by atoms with Crippen molar-refractivity contribution >= 4 is 28.3 Å². The molecule has 1 aromatic carbocycles. The summed E-state index contributed by atoms with van der Waals surface area (Å²) in [5.74, 6) is -0.0492. The predicted molar refractivity (Wildman–Crippen MR) is 103 cm³/mol. The molecule has 2 rings (SSSR count). The third-order valence-electron chi connectivity index (χ3n) is 4.21. The molecule has 0 saturated carbocycles. The molecule has 0 spiro atoms.